The first-order valence-electron chi connectivity index (χ1n) is 7.55. The molecule has 1 rings (SSSR count). The fourth-order valence-corrected chi connectivity index (χ4v) is 2.63. The molecule has 1 fully saturated rings. The smallest absolute Gasteiger partial charge is 0.313 e. The van der Waals surface area contributed by atoms with Gasteiger partial charge in [-0.05, 0) is 26.2 Å². The lowest BCUT2D eigenvalue weighted by molar-refractivity contribution is -0.150. The molecule has 0 radical (unpaired) electrons. The highest BCUT2D eigenvalue weighted by atomic mass is 16.6. The van der Waals surface area contributed by atoms with Crippen LogP contribution in [0.5, 0.6) is 0 Å². The molecule has 0 aromatic carbocycles. The first-order valence-corrected chi connectivity index (χ1v) is 7.55. The Morgan fingerprint density at radius 1 is 1.30 bits per heavy atom. The van der Waals surface area contributed by atoms with Crippen LogP contribution in [0.4, 0.5) is 0 Å². The maximum absolute atomic E-state index is 11.8. The third kappa shape index (κ3) is 5.35. The molecule has 1 aliphatic heterocycles. The number of allylic oxidation sites excluding steroid dienone is 1. The Morgan fingerprint density at radius 3 is 2.60 bits per heavy atom. The SMILES string of the molecule is C=CCCCCCCCC1C(=O)O[C@@H](C)C1OC(C)=O. The number of ether oxygens (including phenoxy) is 2. The zero-order chi connectivity index (χ0) is 15.0. The summed E-state index contributed by atoms with van der Waals surface area (Å²) in [5, 5.41) is 0. The molecule has 4 heteroatoms. The van der Waals surface area contributed by atoms with Crippen LogP contribution in [0.15, 0.2) is 12.7 Å². The van der Waals surface area contributed by atoms with E-state index in [4.69, 9.17) is 9.47 Å². The van der Waals surface area contributed by atoms with E-state index in [1.54, 1.807) is 6.92 Å². The summed E-state index contributed by atoms with van der Waals surface area (Å²) in [6.07, 6.45) is 8.63. The van der Waals surface area contributed by atoms with Crippen molar-refractivity contribution in [3.63, 3.8) is 0 Å². The minimum Gasteiger partial charge on any atom is -0.458 e. The summed E-state index contributed by atoms with van der Waals surface area (Å²) in [7, 11) is 0. The van der Waals surface area contributed by atoms with Crippen LogP contribution in [0.25, 0.3) is 0 Å². The number of esters is 2. The lowest BCUT2D eigenvalue weighted by atomic mass is 9.94. The van der Waals surface area contributed by atoms with Crippen LogP contribution in [0.2, 0.25) is 0 Å². The van der Waals surface area contributed by atoms with Crippen LogP contribution in [-0.2, 0) is 19.1 Å². The van der Waals surface area contributed by atoms with Crippen LogP contribution in [0.1, 0.15) is 58.8 Å². The molecule has 0 aromatic heterocycles. The summed E-state index contributed by atoms with van der Waals surface area (Å²) in [6, 6.07) is 0. The van der Waals surface area contributed by atoms with Crippen LogP contribution in [0, 0.1) is 5.92 Å². The van der Waals surface area contributed by atoms with Crippen molar-refractivity contribution in [1.29, 1.82) is 0 Å². The van der Waals surface area contributed by atoms with Crippen molar-refractivity contribution in [2.75, 3.05) is 0 Å². The van der Waals surface area contributed by atoms with Crippen molar-refractivity contribution < 1.29 is 19.1 Å². The minimum atomic E-state index is -0.416. The fraction of sp³-hybridized carbons (Fsp3) is 0.750. The normalized spacial score (nSPS) is 25.3. The zero-order valence-corrected chi connectivity index (χ0v) is 12.6. The Bertz CT molecular complexity index is 337. The van der Waals surface area contributed by atoms with E-state index < -0.39 is 6.10 Å². The number of rotatable bonds is 9. The van der Waals surface area contributed by atoms with Crippen LogP contribution in [0.3, 0.4) is 0 Å². The second-order valence-corrected chi connectivity index (χ2v) is 5.46. The van der Waals surface area contributed by atoms with Crippen molar-refractivity contribution in [2.45, 2.75) is 71.0 Å². The Labute approximate surface area is 121 Å². The molecule has 0 spiro atoms. The van der Waals surface area contributed by atoms with Crippen molar-refractivity contribution in [2.24, 2.45) is 5.92 Å². The van der Waals surface area contributed by atoms with Gasteiger partial charge in [0.1, 0.15) is 6.10 Å². The molecule has 0 N–H and O–H groups in total. The van der Waals surface area contributed by atoms with Gasteiger partial charge in [0, 0.05) is 6.92 Å². The molecule has 0 bridgehead atoms. The molecule has 3 atom stereocenters. The van der Waals surface area contributed by atoms with Gasteiger partial charge in [-0.2, -0.15) is 0 Å². The van der Waals surface area contributed by atoms with E-state index in [0.29, 0.717) is 0 Å². The topological polar surface area (TPSA) is 52.6 Å². The maximum Gasteiger partial charge on any atom is 0.313 e. The van der Waals surface area contributed by atoms with Crippen LogP contribution in [-0.4, -0.2) is 24.1 Å². The van der Waals surface area contributed by atoms with Gasteiger partial charge in [-0.25, -0.2) is 0 Å². The van der Waals surface area contributed by atoms with E-state index in [9.17, 15) is 9.59 Å². The zero-order valence-electron chi connectivity index (χ0n) is 12.6. The summed E-state index contributed by atoms with van der Waals surface area (Å²) in [6.45, 7) is 6.85. The van der Waals surface area contributed by atoms with Gasteiger partial charge in [0.15, 0.2) is 6.10 Å². The molecule has 1 aliphatic rings. The maximum atomic E-state index is 11.8. The highest BCUT2D eigenvalue weighted by Gasteiger charge is 2.44. The average Bonchev–Trinajstić information content (AvgIpc) is 2.63. The summed E-state index contributed by atoms with van der Waals surface area (Å²) >= 11 is 0. The minimum absolute atomic E-state index is 0.226. The van der Waals surface area contributed by atoms with Gasteiger partial charge in [0.25, 0.3) is 0 Å². The molecule has 0 amide bonds. The predicted molar refractivity (Wildman–Crippen MR) is 77.1 cm³/mol. The molecule has 0 aromatic rings. The Hall–Kier alpha value is -1.32. The predicted octanol–water partition coefficient (Wildman–Crippen LogP) is 3.40. The highest BCUT2D eigenvalue weighted by Crippen LogP contribution is 2.29. The van der Waals surface area contributed by atoms with Crippen molar-refractivity contribution in [3.05, 3.63) is 12.7 Å². The second kappa shape index (κ2) is 8.77. The number of unbranched alkanes of at least 4 members (excludes halogenated alkanes) is 5. The fourth-order valence-electron chi connectivity index (χ4n) is 2.63. The van der Waals surface area contributed by atoms with Crippen molar-refractivity contribution >= 4 is 11.9 Å². The molecule has 0 aliphatic carbocycles. The Balaban J connectivity index is 2.27. The van der Waals surface area contributed by atoms with E-state index in [1.165, 1.54) is 26.2 Å². The standard InChI is InChI=1S/C16H26O4/c1-4-5-6-7-8-9-10-11-14-15(20-13(3)17)12(2)19-16(14)18/h4,12,14-15H,1,5-11H2,2-3H3/t12-,14?,15?/m0/s1. The largest absolute Gasteiger partial charge is 0.458 e. The van der Waals surface area contributed by atoms with Crippen LogP contribution >= 0.6 is 0 Å². The van der Waals surface area contributed by atoms with Crippen molar-refractivity contribution in [1.82, 2.24) is 0 Å². The molecule has 0 saturated carbocycles. The molecule has 1 heterocycles. The number of cyclic esters (lactones) is 1. The van der Waals surface area contributed by atoms with Gasteiger partial charge < -0.3 is 9.47 Å². The molecule has 114 valence electrons. The summed E-state index contributed by atoms with van der Waals surface area (Å²) in [5.74, 6) is -0.868. The molecular formula is C16H26O4. The summed E-state index contributed by atoms with van der Waals surface area (Å²) in [5.41, 5.74) is 0. The monoisotopic (exact) mass is 282 g/mol. The van der Waals surface area contributed by atoms with Gasteiger partial charge in [-0.15, -0.1) is 6.58 Å². The molecular weight excluding hydrogens is 256 g/mol. The van der Waals surface area contributed by atoms with E-state index in [1.807, 2.05) is 6.08 Å². The molecule has 4 nitrogen and oxygen atoms in total. The first kappa shape index (κ1) is 16.7. The van der Waals surface area contributed by atoms with E-state index >= 15 is 0 Å². The second-order valence-electron chi connectivity index (χ2n) is 5.46. The summed E-state index contributed by atoms with van der Waals surface area (Å²) < 4.78 is 10.4. The molecule has 1 saturated heterocycles. The van der Waals surface area contributed by atoms with Crippen LogP contribution < -0.4 is 0 Å². The summed E-state index contributed by atoms with van der Waals surface area (Å²) in [4.78, 5) is 22.8. The Kier molecular flexibility index (Phi) is 7.34. The van der Waals surface area contributed by atoms with Gasteiger partial charge >= 0.3 is 11.9 Å². The number of hydrogen-bond acceptors (Lipinski definition) is 4. The van der Waals surface area contributed by atoms with Gasteiger partial charge in [-0.3, -0.25) is 9.59 Å². The van der Waals surface area contributed by atoms with Crippen molar-refractivity contribution in [3.8, 4) is 0 Å². The van der Waals surface area contributed by atoms with Gasteiger partial charge in [0.2, 0.25) is 0 Å². The first-order chi connectivity index (χ1) is 9.56. The quantitative estimate of drug-likeness (QED) is 0.369. The number of hydrogen-bond donors (Lipinski definition) is 0. The third-order valence-corrected chi connectivity index (χ3v) is 3.69. The lowest BCUT2D eigenvalue weighted by Gasteiger charge is -2.18. The number of carbonyl (C=O) groups excluding carboxylic acids is 2. The Morgan fingerprint density at radius 2 is 1.95 bits per heavy atom. The molecule has 20 heavy (non-hydrogen) atoms. The van der Waals surface area contributed by atoms with Gasteiger partial charge in [0.05, 0.1) is 5.92 Å². The van der Waals surface area contributed by atoms with E-state index in [0.717, 1.165) is 25.7 Å². The molecule has 2 unspecified atom stereocenters. The van der Waals surface area contributed by atoms with Gasteiger partial charge in [-0.1, -0.05) is 31.8 Å². The third-order valence-electron chi connectivity index (χ3n) is 3.69. The van der Waals surface area contributed by atoms with E-state index in [2.05, 4.69) is 6.58 Å². The average molecular weight is 282 g/mol. The highest BCUT2D eigenvalue weighted by molar-refractivity contribution is 5.76. The lowest BCUT2D eigenvalue weighted by Crippen LogP contribution is -2.30. The number of carbonyl (C=O) groups is 2. The van der Waals surface area contributed by atoms with E-state index in [-0.39, 0.29) is 24.0 Å².